The first-order valence-corrected chi connectivity index (χ1v) is 9.85. The molecule has 28 heavy (non-hydrogen) atoms. The van der Waals surface area contributed by atoms with Crippen LogP contribution < -0.4 is 10.3 Å². The normalized spacial score (nSPS) is 12.6. The number of nitrogens with zero attached hydrogens (tertiary/aromatic N) is 3. The first-order chi connectivity index (χ1) is 13.3. The van der Waals surface area contributed by atoms with Gasteiger partial charge >= 0.3 is 0 Å². The van der Waals surface area contributed by atoms with Crippen LogP contribution in [0.1, 0.15) is 37.6 Å². The summed E-state index contributed by atoms with van der Waals surface area (Å²) in [6, 6.07) is 8.53. The summed E-state index contributed by atoms with van der Waals surface area (Å²) in [4.78, 5) is 17.7. The molecule has 1 N–H and O–H groups in total. The number of benzene rings is 2. The van der Waals surface area contributed by atoms with Gasteiger partial charge in [-0.15, -0.1) is 0 Å². The van der Waals surface area contributed by atoms with E-state index in [1.165, 1.54) is 18.0 Å². The molecular formula is C20H19BrClN3O3. The van der Waals surface area contributed by atoms with E-state index in [-0.39, 0.29) is 28.0 Å². The van der Waals surface area contributed by atoms with Gasteiger partial charge in [0.2, 0.25) is 0 Å². The maximum atomic E-state index is 13.1. The molecule has 8 heteroatoms. The summed E-state index contributed by atoms with van der Waals surface area (Å²) in [7, 11) is 1.43. The zero-order chi connectivity index (χ0) is 20.4. The van der Waals surface area contributed by atoms with E-state index in [2.05, 4.69) is 26.0 Å². The number of methoxy groups -OCH3 is 1. The van der Waals surface area contributed by atoms with E-state index in [9.17, 15) is 9.90 Å². The summed E-state index contributed by atoms with van der Waals surface area (Å²) in [6.45, 7) is 4.03. The lowest BCUT2D eigenvalue weighted by Gasteiger charge is -2.14. The maximum absolute atomic E-state index is 13.1. The van der Waals surface area contributed by atoms with Crippen LogP contribution in [-0.2, 0) is 0 Å². The second-order valence-corrected chi connectivity index (χ2v) is 7.68. The van der Waals surface area contributed by atoms with Gasteiger partial charge in [0.05, 0.1) is 29.2 Å². The van der Waals surface area contributed by atoms with Crippen molar-refractivity contribution in [1.29, 1.82) is 0 Å². The number of ether oxygens (including phenoxy) is 1. The number of hydrogen-bond acceptors (Lipinski definition) is 5. The van der Waals surface area contributed by atoms with Crippen molar-refractivity contribution < 1.29 is 9.84 Å². The molecule has 0 amide bonds. The Kier molecular flexibility index (Phi) is 6.05. The predicted octanol–water partition coefficient (Wildman–Crippen LogP) is 4.92. The van der Waals surface area contributed by atoms with Crippen LogP contribution in [0.5, 0.6) is 11.5 Å². The molecule has 1 atom stereocenters. The monoisotopic (exact) mass is 463 g/mol. The smallest absolute Gasteiger partial charge is 0.282 e. The molecule has 146 valence electrons. The van der Waals surface area contributed by atoms with Gasteiger partial charge in [-0.2, -0.15) is 9.78 Å². The molecule has 0 saturated heterocycles. The predicted molar refractivity (Wildman–Crippen MR) is 115 cm³/mol. The minimum absolute atomic E-state index is 0.0378. The molecule has 0 aliphatic rings. The molecule has 2 aromatic carbocycles. The lowest BCUT2D eigenvalue weighted by molar-refractivity contribution is 0.373. The molecular weight excluding hydrogens is 446 g/mol. The third kappa shape index (κ3) is 3.91. The van der Waals surface area contributed by atoms with Crippen LogP contribution in [-0.4, -0.2) is 28.1 Å². The number of aromatic hydroxyl groups is 1. The van der Waals surface area contributed by atoms with E-state index in [0.717, 1.165) is 10.9 Å². The average molecular weight is 465 g/mol. The third-order valence-corrected chi connectivity index (χ3v) is 5.26. The number of phenols is 1. The van der Waals surface area contributed by atoms with E-state index in [1.54, 1.807) is 18.2 Å². The Balaban J connectivity index is 2.19. The Morgan fingerprint density at radius 2 is 2.14 bits per heavy atom. The van der Waals surface area contributed by atoms with Gasteiger partial charge in [0, 0.05) is 10.4 Å². The highest BCUT2D eigenvalue weighted by Crippen LogP contribution is 2.34. The minimum atomic E-state index is -0.255. The van der Waals surface area contributed by atoms with E-state index in [0.29, 0.717) is 22.3 Å². The Morgan fingerprint density at radius 1 is 1.39 bits per heavy atom. The fraction of sp³-hybridized carbons (Fsp3) is 0.250. The first kappa shape index (κ1) is 20.4. The van der Waals surface area contributed by atoms with Crippen LogP contribution in [0.4, 0.5) is 0 Å². The summed E-state index contributed by atoms with van der Waals surface area (Å²) >= 11 is 9.42. The quantitative estimate of drug-likeness (QED) is 0.544. The van der Waals surface area contributed by atoms with Crippen LogP contribution in [0, 0.1) is 0 Å². The van der Waals surface area contributed by atoms with Gasteiger partial charge in [-0.1, -0.05) is 41.4 Å². The summed E-state index contributed by atoms with van der Waals surface area (Å²) in [5.74, 6) is 0.700. The van der Waals surface area contributed by atoms with Gasteiger partial charge in [-0.25, -0.2) is 4.98 Å². The lowest BCUT2D eigenvalue weighted by Crippen LogP contribution is -2.23. The van der Waals surface area contributed by atoms with Gasteiger partial charge in [0.1, 0.15) is 5.82 Å². The molecule has 6 nitrogen and oxygen atoms in total. The highest BCUT2D eigenvalue weighted by molar-refractivity contribution is 9.10. The van der Waals surface area contributed by atoms with Crippen molar-refractivity contribution >= 4 is 44.6 Å². The first-order valence-electron chi connectivity index (χ1n) is 8.68. The Morgan fingerprint density at radius 3 is 2.82 bits per heavy atom. The number of fused-ring (bicyclic) bond motifs is 1. The van der Waals surface area contributed by atoms with Crippen LogP contribution in [0.15, 0.2) is 44.7 Å². The van der Waals surface area contributed by atoms with E-state index in [4.69, 9.17) is 16.3 Å². The summed E-state index contributed by atoms with van der Waals surface area (Å²) < 4.78 is 7.22. The number of hydrogen-bond donors (Lipinski definition) is 1. The topological polar surface area (TPSA) is 76.7 Å². The van der Waals surface area contributed by atoms with Crippen LogP contribution in [0.2, 0.25) is 5.02 Å². The van der Waals surface area contributed by atoms with Gasteiger partial charge < -0.3 is 9.84 Å². The molecule has 3 rings (SSSR count). The average Bonchev–Trinajstić information content (AvgIpc) is 2.69. The minimum Gasteiger partial charge on any atom is -0.503 e. The molecule has 0 spiro atoms. The second-order valence-electron chi connectivity index (χ2n) is 6.36. The summed E-state index contributed by atoms with van der Waals surface area (Å²) in [6.07, 6.45) is 2.30. The van der Waals surface area contributed by atoms with Gasteiger partial charge in [-0.3, -0.25) is 4.79 Å². The molecule has 1 heterocycles. The van der Waals surface area contributed by atoms with Crippen molar-refractivity contribution in [3.05, 3.63) is 61.6 Å². The molecule has 1 aromatic heterocycles. The fourth-order valence-corrected chi connectivity index (χ4v) is 3.31. The Hall–Kier alpha value is -2.38. The van der Waals surface area contributed by atoms with Gasteiger partial charge in [0.15, 0.2) is 11.5 Å². The van der Waals surface area contributed by atoms with Crippen molar-refractivity contribution in [3.63, 3.8) is 0 Å². The molecule has 0 fully saturated rings. The number of halogens is 2. The number of aromatic nitrogens is 2. The van der Waals surface area contributed by atoms with Crippen molar-refractivity contribution in [1.82, 2.24) is 9.66 Å². The molecule has 0 unspecified atom stereocenters. The SMILES string of the molecule is CC[C@H](C)c1nc2ccc(Br)cc2c(=O)n1N=Cc1cc(Cl)c(O)c(OC)c1. The van der Waals surface area contributed by atoms with E-state index >= 15 is 0 Å². The fourth-order valence-electron chi connectivity index (χ4n) is 2.73. The van der Waals surface area contributed by atoms with Crippen molar-refractivity contribution in [2.45, 2.75) is 26.2 Å². The van der Waals surface area contributed by atoms with E-state index < -0.39 is 0 Å². The molecule has 3 aromatic rings. The molecule has 0 saturated carbocycles. The zero-order valence-electron chi connectivity index (χ0n) is 15.6. The highest BCUT2D eigenvalue weighted by atomic mass is 79.9. The third-order valence-electron chi connectivity index (χ3n) is 4.48. The van der Waals surface area contributed by atoms with Crippen molar-refractivity contribution in [2.24, 2.45) is 5.10 Å². The lowest BCUT2D eigenvalue weighted by atomic mass is 10.1. The summed E-state index contributed by atoms with van der Waals surface area (Å²) in [5, 5.41) is 14.9. The maximum Gasteiger partial charge on any atom is 0.282 e. The van der Waals surface area contributed by atoms with Crippen LogP contribution in [0.25, 0.3) is 10.9 Å². The van der Waals surface area contributed by atoms with Crippen LogP contribution >= 0.6 is 27.5 Å². The molecule has 0 bridgehead atoms. The number of phenolic OH excluding ortho intramolecular Hbond substituents is 1. The second kappa shape index (κ2) is 8.32. The Labute approximate surface area is 175 Å². The standard InChI is InChI=1S/C20H19BrClN3O3/c1-4-11(2)19-24-16-6-5-13(21)9-14(16)20(27)25(19)23-10-12-7-15(22)18(26)17(8-12)28-3/h5-11,26H,4H2,1-3H3/t11-/m0/s1. The highest BCUT2D eigenvalue weighted by Gasteiger charge is 2.16. The zero-order valence-corrected chi connectivity index (χ0v) is 18.0. The largest absolute Gasteiger partial charge is 0.503 e. The van der Waals surface area contributed by atoms with Crippen LogP contribution in [0.3, 0.4) is 0 Å². The van der Waals surface area contributed by atoms with Crippen molar-refractivity contribution in [2.75, 3.05) is 7.11 Å². The van der Waals surface area contributed by atoms with Gasteiger partial charge in [-0.05, 0) is 42.3 Å². The molecule has 0 aliphatic carbocycles. The van der Waals surface area contributed by atoms with Crippen molar-refractivity contribution in [3.8, 4) is 11.5 Å². The molecule has 0 radical (unpaired) electrons. The summed E-state index contributed by atoms with van der Waals surface area (Å²) in [5.41, 5.74) is 0.954. The number of rotatable bonds is 5. The van der Waals surface area contributed by atoms with E-state index in [1.807, 2.05) is 26.0 Å². The molecule has 0 aliphatic heterocycles. The van der Waals surface area contributed by atoms with Gasteiger partial charge in [0.25, 0.3) is 5.56 Å². The Bertz CT molecular complexity index is 1130.